The molecule has 0 unspecified atom stereocenters. The highest BCUT2D eigenvalue weighted by Crippen LogP contribution is 2.01. The third kappa shape index (κ3) is 1.61. The van der Waals surface area contributed by atoms with E-state index in [1.165, 1.54) is 0 Å². The third-order valence-electron chi connectivity index (χ3n) is 1.37. The van der Waals surface area contributed by atoms with E-state index >= 15 is 0 Å². The number of hydrogen-bond acceptors (Lipinski definition) is 2. The standard InChI is InChI=1S/C7H7N3.C2H6/c1-6-5-7-3-2-4-8-10(7)9-6;1-2/h2-5H,1H3;1-2H3. The van der Waals surface area contributed by atoms with E-state index in [4.69, 9.17) is 0 Å². The molecule has 0 N–H and O–H groups in total. The molecule has 0 radical (unpaired) electrons. The van der Waals surface area contributed by atoms with Gasteiger partial charge in [-0.15, -0.1) is 0 Å². The van der Waals surface area contributed by atoms with Gasteiger partial charge in [-0.3, -0.25) is 0 Å². The molecule has 0 aliphatic heterocycles. The van der Waals surface area contributed by atoms with E-state index in [1.54, 1.807) is 10.8 Å². The highest BCUT2D eigenvalue weighted by Gasteiger charge is 1.93. The summed E-state index contributed by atoms with van der Waals surface area (Å²) in [6.07, 6.45) is 1.72. The van der Waals surface area contributed by atoms with Crippen molar-refractivity contribution < 1.29 is 0 Å². The van der Waals surface area contributed by atoms with Gasteiger partial charge in [0.25, 0.3) is 0 Å². The third-order valence-corrected chi connectivity index (χ3v) is 1.37. The summed E-state index contributed by atoms with van der Waals surface area (Å²) in [7, 11) is 0. The molecule has 0 atom stereocenters. The predicted octanol–water partition coefficient (Wildman–Crippen LogP) is 2.06. The Kier molecular flexibility index (Phi) is 2.80. The van der Waals surface area contributed by atoms with Gasteiger partial charge in [-0.1, -0.05) is 13.8 Å². The van der Waals surface area contributed by atoms with E-state index in [-0.39, 0.29) is 0 Å². The van der Waals surface area contributed by atoms with Crippen molar-refractivity contribution >= 4 is 5.52 Å². The molecular weight excluding hydrogens is 150 g/mol. The van der Waals surface area contributed by atoms with Gasteiger partial charge in [0.15, 0.2) is 0 Å². The molecule has 2 aromatic rings. The minimum absolute atomic E-state index is 0.999. The van der Waals surface area contributed by atoms with Crippen molar-refractivity contribution in [1.29, 1.82) is 0 Å². The molecular formula is C9H13N3. The normalized spacial score (nSPS) is 9.25. The molecule has 0 aromatic carbocycles. The summed E-state index contributed by atoms with van der Waals surface area (Å²) in [6.45, 7) is 5.95. The molecule has 12 heavy (non-hydrogen) atoms. The Balaban J connectivity index is 0.000000336. The van der Waals surface area contributed by atoms with Crippen molar-refractivity contribution in [3.8, 4) is 0 Å². The molecule has 3 nitrogen and oxygen atoms in total. The molecule has 0 aliphatic rings. The van der Waals surface area contributed by atoms with Gasteiger partial charge in [0, 0.05) is 6.20 Å². The van der Waals surface area contributed by atoms with Gasteiger partial charge in [-0.2, -0.15) is 14.8 Å². The van der Waals surface area contributed by atoms with E-state index in [0.717, 1.165) is 11.2 Å². The first-order valence-electron chi connectivity index (χ1n) is 4.14. The van der Waals surface area contributed by atoms with Crippen LogP contribution in [0.1, 0.15) is 19.5 Å². The second-order valence-electron chi connectivity index (χ2n) is 2.22. The Labute approximate surface area is 72.0 Å². The fourth-order valence-electron chi connectivity index (χ4n) is 0.958. The van der Waals surface area contributed by atoms with Crippen molar-refractivity contribution in [1.82, 2.24) is 14.8 Å². The van der Waals surface area contributed by atoms with Crippen molar-refractivity contribution in [3.63, 3.8) is 0 Å². The predicted molar refractivity (Wildman–Crippen MR) is 49.1 cm³/mol. The van der Waals surface area contributed by atoms with Crippen LogP contribution in [0.2, 0.25) is 0 Å². The lowest BCUT2D eigenvalue weighted by Crippen LogP contribution is -1.90. The Morgan fingerprint density at radius 3 is 2.75 bits per heavy atom. The molecule has 2 rings (SSSR count). The zero-order valence-corrected chi connectivity index (χ0v) is 7.65. The van der Waals surface area contributed by atoms with Crippen molar-refractivity contribution in [2.75, 3.05) is 0 Å². The van der Waals surface area contributed by atoms with Gasteiger partial charge in [-0.05, 0) is 25.1 Å². The van der Waals surface area contributed by atoms with Crippen LogP contribution in [0, 0.1) is 6.92 Å². The maximum absolute atomic E-state index is 4.12. The van der Waals surface area contributed by atoms with Crippen molar-refractivity contribution in [2.24, 2.45) is 0 Å². The fourth-order valence-corrected chi connectivity index (χ4v) is 0.958. The number of rotatable bonds is 0. The lowest BCUT2D eigenvalue weighted by atomic mass is 10.4. The quantitative estimate of drug-likeness (QED) is 0.595. The number of hydrogen-bond donors (Lipinski definition) is 0. The zero-order chi connectivity index (χ0) is 8.97. The number of aromatic nitrogens is 3. The van der Waals surface area contributed by atoms with Gasteiger partial charge in [0.1, 0.15) is 0 Å². The first-order valence-corrected chi connectivity index (χ1v) is 4.14. The highest BCUT2D eigenvalue weighted by molar-refractivity contribution is 5.45. The molecule has 64 valence electrons. The summed E-state index contributed by atoms with van der Waals surface area (Å²) in [5, 5.41) is 8.13. The van der Waals surface area contributed by atoms with Gasteiger partial charge < -0.3 is 0 Å². The maximum Gasteiger partial charge on any atom is 0.0875 e. The minimum atomic E-state index is 0.999. The molecule has 0 spiro atoms. The van der Waals surface area contributed by atoms with Crippen LogP contribution < -0.4 is 0 Å². The Bertz CT molecular complexity index is 318. The number of aryl methyl sites for hydroxylation is 1. The van der Waals surface area contributed by atoms with Crippen molar-refractivity contribution in [2.45, 2.75) is 20.8 Å². The Morgan fingerprint density at radius 2 is 2.08 bits per heavy atom. The summed E-state index contributed by atoms with van der Waals surface area (Å²) < 4.78 is 1.62. The largest absolute Gasteiger partial charge is 0.159 e. The summed E-state index contributed by atoms with van der Waals surface area (Å²) in [4.78, 5) is 0. The van der Waals surface area contributed by atoms with Crippen LogP contribution in [0.4, 0.5) is 0 Å². The number of nitrogens with zero attached hydrogens (tertiary/aromatic N) is 3. The molecule has 2 aromatic heterocycles. The second kappa shape index (κ2) is 3.85. The first-order chi connectivity index (χ1) is 5.86. The fraction of sp³-hybridized carbons (Fsp3) is 0.333. The molecule has 0 saturated carbocycles. The van der Waals surface area contributed by atoms with E-state index in [0.29, 0.717) is 0 Å². The zero-order valence-electron chi connectivity index (χ0n) is 7.65. The second-order valence-corrected chi connectivity index (χ2v) is 2.22. The van der Waals surface area contributed by atoms with E-state index < -0.39 is 0 Å². The average Bonchev–Trinajstić information content (AvgIpc) is 2.48. The number of fused-ring (bicyclic) bond motifs is 1. The van der Waals surface area contributed by atoms with Crippen LogP contribution in [-0.2, 0) is 0 Å². The summed E-state index contributed by atoms with van der Waals surface area (Å²) in [5.41, 5.74) is 2.04. The maximum atomic E-state index is 4.12. The average molecular weight is 163 g/mol. The van der Waals surface area contributed by atoms with Crippen LogP contribution in [0.25, 0.3) is 5.52 Å². The summed E-state index contributed by atoms with van der Waals surface area (Å²) >= 11 is 0. The Hall–Kier alpha value is -1.38. The van der Waals surface area contributed by atoms with Crippen LogP contribution >= 0.6 is 0 Å². The summed E-state index contributed by atoms with van der Waals surface area (Å²) in [5.74, 6) is 0. The lowest BCUT2D eigenvalue weighted by Gasteiger charge is -1.85. The molecule has 0 aliphatic carbocycles. The van der Waals surface area contributed by atoms with Gasteiger partial charge >= 0.3 is 0 Å². The van der Waals surface area contributed by atoms with E-state index in [9.17, 15) is 0 Å². The smallest absolute Gasteiger partial charge is 0.0875 e. The first kappa shape index (κ1) is 8.71. The van der Waals surface area contributed by atoms with Crippen LogP contribution in [0.15, 0.2) is 24.4 Å². The topological polar surface area (TPSA) is 30.2 Å². The minimum Gasteiger partial charge on any atom is -0.159 e. The summed E-state index contributed by atoms with van der Waals surface area (Å²) in [6, 6.07) is 5.87. The van der Waals surface area contributed by atoms with Gasteiger partial charge in [0.2, 0.25) is 0 Å². The van der Waals surface area contributed by atoms with Crippen LogP contribution in [0.3, 0.4) is 0 Å². The van der Waals surface area contributed by atoms with Crippen LogP contribution in [-0.4, -0.2) is 14.8 Å². The molecule has 0 amide bonds. The van der Waals surface area contributed by atoms with Gasteiger partial charge in [-0.25, -0.2) is 0 Å². The molecule has 0 bridgehead atoms. The molecule has 0 fully saturated rings. The molecule has 0 saturated heterocycles. The lowest BCUT2D eigenvalue weighted by molar-refractivity contribution is 0.787. The molecule has 3 heteroatoms. The van der Waals surface area contributed by atoms with Crippen molar-refractivity contribution in [3.05, 3.63) is 30.1 Å². The van der Waals surface area contributed by atoms with E-state index in [1.807, 2.05) is 39.0 Å². The SMILES string of the molecule is CC.Cc1cc2cccnn2n1. The highest BCUT2D eigenvalue weighted by atomic mass is 15.4. The van der Waals surface area contributed by atoms with E-state index in [2.05, 4.69) is 10.2 Å². The monoisotopic (exact) mass is 163 g/mol. The van der Waals surface area contributed by atoms with Gasteiger partial charge in [0.05, 0.1) is 11.2 Å². The Morgan fingerprint density at radius 1 is 1.33 bits per heavy atom. The molecule has 2 heterocycles. The van der Waals surface area contributed by atoms with Crippen LogP contribution in [0.5, 0.6) is 0 Å².